The van der Waals surface area contributed by atoms with E-state index in [0.717, 1.165) is 37.1 Å². The summed E-state index contributed by atoms with van der Waals surface area (Å²) in [7, 11) is 0. The molecule has 0 bridgehead atoms. The van der Waals surface area contributed by atoms with Crippen LogP contribution in [-0.4, -0.2) is 26.8 Å². The number of anilines is 1. The minimum atomic E-state index is 0.390. The highest BCUT2D eigenvalue weighted by Gasteiger charge is 2.18. The molecule has 5 heteroatoms. The van der Waals surface area contributed by atoms with Crippen molar-refractivity contribution in [2.24, 2.45) is 5.73 Å². The molecule has 3 rings (SSSR count). The number of hydrogen-bond acceptors (Lipinski definition) is 4. The Morgan fingerprint density at radius 3 is 2.58 bits per heavy atom. The lowest BCUT2D eigenvalue weighted by Gasteiger charge is -2.27. The molecule has 3 N–H and O–H groups in total. The van der Waals surface area contributed by atoms with Crippen LogP contribution in [0.3, 0.4) is 0 Å². The lowest BCUT2D eigenvalue weighted by molar-refractivity contribution is 0.411. The first-order chi connectivity index (χ1) is 9.31. The van der Waals surface area contributed by atoms with Crippen LogP contribution in [-0.2, 0) is 0 Å². The molecule has 0 spiro atoms. The zero-order valence-corrected chi connectivity index (χ0v) is 10.9. The standard InChI is InChI=1S/C14H19N5/c15-11-4-6-12(7-5-11)18-13-2-1-3-14(8-13)19-9-16-17-10-19/h1-3,8-12,18H,4-7,15H2. The molecule has 0 aliphatic heterocycles. The maximum atomic E-state index is 5.93. The van der Waals surface area contributed by atoms with Crippen LogP contribution in [0.2, 0.25) is 0 Å². The molecule has 0 atom stereocenters. The van der Waals surface area contributed by atoms with Gasteiger partial charge in [-0.15, -0.1) is 10.2 Å². The smallest absolute Gasteiger partial charge is 0.123 e. The summed E-state index contributed by atoms with van der Waals surface area (Å²) in [5.41, 5.74) is 8.15. The summed E-state index contributed by atoms with van der Waals surface area (Å²) in [6, 6.07) is 9.25. The van der Waals surface area contributed by atoms with Gasteiger partial charge >= 0.3 is 0 Å². The van der Waals surface area contributed by atoms with Gasteiger partial charge in [-0.2, -0.15) is 0 Å². The van der Waals surface area contributed by atoms with Crippen molar-refractivity contribution in [2.75, 3.05) is 5.32 Å². The van der Waals surface area contributed by atoms with Crippen LogP contribution in [0, 0.1) is 0 Å². The third-order valence-electron chi connectivity index (χ3n) is 3.71. The summed E-state index contributed by atoms with van der Waals surface area (Å²) in [5, 5.41) is 11.3. The van der Waals surface area contributed by atoms with E-state index in [0.29, 0.717) is 12.1 Å². The van der Waals surface area contributed by atoms with Gasteiger partial charge < -0.3 is 11.1 Å². The Bertz CT molecular complexity index is 514. The quantitative estimate of drug-likeness (QED) is 0.881. The van der Waals surface area contributed by atoms with Gasteiger partial charge in [0.1, 0.15) is 12.7 Å². The Kier molecular flexibility index (Phi) is 3.46. The maximum absolute atomic E-state index is 5.93. The minimum absolute atomic E-state index is 0.390. The van der Waals surface area contributed by atoms with Crippen LogP contribution in [0.25, 0.3) is 5.69 Å². The number of nitrogens with one attached hydrogen (secondary N) is 1. The van der Waals surface area contributed by atoms with E-state index in [4.69, 9.17) is 5.73 Å². The Morgan fingerprint density at radius 2 is 1.84 bits per heavy atom. The third kappa shape index (κ3) is 2.93. The molecule has 5 nitrogen and oxygen atoms in total. The highest BCUT2D eigenvalue weighted by molar-refractivity contribution is 5.51. The van der Waals surface area contributed by atoms with Gasteiger partial charge in [-0.3, -0.25) is 4.57 Å². The summed E-state index contributed by atoms with van der Waals surface area (Å²) >= 11 is 0. The van der Waals surface area contributed by atoms with Crippen molar-refractivity contribution in [1.82, 2.24) is 14.8 Å². The van der Waals surface area contributed by atoms with Crippen molar-refractivity contribution in [1.29, 1.82) is 0 Å². The van der Waals surface area contributed by atoms with Crippen molar-refractivity contribution in [3.05, 3.63) is 36.9 Å². The van der Waals surface area contributed by atoms with Crippen molar-refractivity contribution in [3.63, 3.8) is 0 Å². The van der Waals surface area contributed by atoms with E-state index in [2.05, 4.69) is 27.6 Å². The van der Waals surface area contributed by atoms with Gasteiger partial charge in [-0.25, -0.2) is 0 Å². The van der Waals surface area contributed by atoms with Crippen LogP contribution < -0.4 is 11.1 Å². The average Bonchev–Trinajstić information content (AvgIpc) is 2.96. The van der Waals surface area contributed by atoms with Crippen LogP contribution in [0.1, 0.15) is 25.7 Å². The Hall–Kier alpha value is -1.88. The van der Waals surface area contributed by atoms with Crippen molar-refractivity contribution >= 4 is 5.69 Å². The maximum Gasteiger partial charge on any atom is 0.123 e. The van der Waals surface area contributed by atoms with E-state index >= 15 is 0 Å². The van der Waals surface area contributed by atoms with Gasteiger partial charge in [-0.05, 0) is 43.9 Å². The largest absolute Gasteiger partial charge is 0.382 e. The van der Waals surface area contributed by atoms with Gasteiger partial charge in [0.2, 0.25) is 0 Å². The first-order valence-corrected chi connectivity index (χ1v) is 6.78. The Morgan fingerprint density at radius 1 is 1.11 bits per heavy atom. The van der Waals surface area contributed by atoms with E-state index in [1.807, 2.05) is 16.7 Å². The normalized spacial score (nSPS) is 23.2. The second-order valence-electron chi connectivity index (χ2n) is 5.18. The Labute approximate surface area is 112 Å². The topological polar surface area (TPSA) is 68.8 Å². The molecule has 0 amide bonds. The van der Waals surface area contributed by atoms with Crippen LogP contribution in [0.15, 0.2) is 36.9 Å². The van der Waals surface area contributed by atoms with Gasteiger partial charge in [0.15, 0.2) is 0 Å². The SMILES string of the molecule is NC1CCC(Nc2cccc(-n3cnnc3)c2)CC1. The van der Waals surface area contributed by atoms with Gasteiger partial charge in [-0.1, -0.05) is 6.07 Å². The number of aromatic nitrogens is 3. The minimum Gasteiger partial charge on any atom is -0.382 e. The van der Waals surface area contributed by atoms with Crippen molar-refractivity contribution in [2.45, 2.75) is 37.8 Å². The monoisotopic (exact) mass is 257 g/mol. The first-order valence-electron chi connectivity index (χ1n) is 6.78. The predicted molar refractivity (Wildman–Crippen MR) is 75.2 cm³/mol. The zero-order chi connectivity index (χ0) is 13.1. The summed E-state index contributed by atoms with van der Waals surface area (Å²) < 4.78 is 1.90. The molecule has 1 heterocycles. The van der Waals surface area contributed by atoms with Crippen LogP contribution in [0.5, 0.6) is 0 Å². The number of benzene rings is 1. The molecule has 0 radical (unpaired) electrons. The molecular formula is C14H19N5. The molecule has 2 aromatic rings. The van der Waals surface area contributed by atoms with E-state index in [1.165, 1.54) is 0 Å². The average molecular weight is 257 g/mol. The fourth-order valence-corrected chi connectivity index (χ4v) is 2.59. The van der Waals surface area contributed by atoms with E-state index in [9.17, 15) is 0 Å². The lowest BCUT2D eigenvalue weighted by Crippen LogP contribution is -2.32. The molecule has 0 saturated heterocycles. The number of rotatable bonds is 3. The summed E-state index contributed by atoms with van der Waals surface area (Å²) in [5.74, 6) is 0. The van der Waals surface area contributed by atoms with E-state index in [1.54, 1.807) is 12.7 Å². The third-order valence-corrected chi connectivity index (χ3v) is 3.71. The van der Waals surface area contributed by atoms with Crippen LogP contribution in [0.4, 0.5) is 5.69 Å². The van der Waals surface area contributed by atoms with Gasteiger partial charge in [0.25, 0.3) is 0 Å². The second-order valence-corrected chi connectivity index (χ2v) is 5.18. The van der Waals surface area contributed by atoms with Gasteiger partial charge in [0, 0.05) is 17.8 Å². The van der Waals surface area contributed by atoms with E-state index in [-0.39, 0.29) is 0 Å². The highest BCUT2D eigenvalue weighted by atomic mass is 15.2. The number of hydrogen-bond donors (Lipinski definition) is 2. The first kappa shape index (κ1) is 12.2. The zero-order valence-electron chi connectivity index (χ0n) is 10.9. The summed E-state index contributed by atoms with van der Waals surface area (Å²) in [6.45, 7) is 0. The lowest BCUT2D eigenvalue weighted by atomic mass is 9.91. The molecule has 19 heavy (non-hydrogen) atoms. The Balaban J connectivity index is 1.70. The fourth-order valence-electron chi connectivity index (χ4n) is 2.59. The van der Waals surface area contributed by atoms with E-state index < -0.39 is 0 Å². The summed E-state index contributed by atoms with van der Waals surface area (Å²) in [6.07, 6.45) is 7.94. The van der Waals surface area contributed by atoms with Crippen LogP contribution >= 0.6 is 0 Å². The summed E-state index contributed by atoms with van der Waals surface area (Å²) in [4.78, 5) is 0. The molecule has 1 aromatic carbocycles. The number of nitrogens with zero attached hydrogens (tertiary/aromatic N) is 3. The molecule has 100 valence electrons. The highest BCUT2D eigenvalue weighted by Crippen LogP contribution is 2.22. The molecule has 1 aliphatic carbocycles. The molecular weight excluding hydrogens is 238 g/mol. The molecule has 1 saturated carbocycles. The predicted octanol–water partition coefficient (Wildman–Crippen LogP) is 1.95. The number of nitrogens with two attached hydrogens (primary N) is 1. The van der Waals surface area contributed by atoms with Crippen molar-refractivity contribution in [3.8, 4) is 5.69 Å². The second kappa shape index (κ2) is 5.40. The molecule has 1 fully saturated rings. The molecule has 1 aromatic heterocycles. The van der Waals surface area contributed by atoms with Gasteiger partial charge in [0.05, 0.1) is 5.69 Å². The molecule has 1 aliphatic rings. The molecule has 0 unspecified atom stereocenters. The fraction of sp³-hybridized carbons (Fsp3) is 0.429. The van der Waals surface area contributed by atoms with Crippen molar-refractivity contribution < 1.29 is 0 Å².